The van der Waals surface area contributed by atoms with Gasteiger partial charge in [-0.1, -0.05) is 34.5 Å². The summed E-state index contributed by atoms with van der Waals surface area (Å²) in [5.41, 5.74) is 9.94. The molecule has 5 rings (SSSR count). The first kappa shape index (κ1) is 21.1. The van der Waals surface area contributed by atoms with E-state index in [1.807, 2.05) is 36.4 Å². The topological polar surface area (TPSA) is 93.8 Å². The van der Waals surface area contributed by atoms with E-state index in [2.05, 4.69) is 15.2 Å². The molecule has 2 aromatic carbocycles. The van der Waals surface area contributed by atoms with Gasteiger partial charge in [0.1, 0.15) is 0 Å². The number of H-pyrrole nitrogens is 1. The van der Waals surface area contributed by atoms with Crippen LogP contribution in [0.1, 0.15) is 17.2 Å². The maximum Gasteiger partial charge on any atom is 0.186 e. The number of thiazole rings is 1. The third-order valence-electron chi connectivity index (χ3n) is 5.23. The zero-order chi connectivity index (χ0) is 20.1. The van der Waals surface area contributed by atoms with Crippen LogP contribution < -0.4 is 16.0 Å². The Labute approximate surface area is 193 Å². The second-order valence-electron chi connectivity index (χ2n) is 7.19. The molecule has 6 nitrogen and oxygen atoms in total. The van der Waals surface area contributed by atoms with Crippen LogP contribution in [0.4, 0.5) is 5.13 Å². The lowest BCUT2D eigenvalue weighted by atomic mass is 9.92. The van der Waals surface area contributed by atoms with Gasteiger partial charge >= 0.3 is 0 Å². The Kier molecular flexibility index (Phi) is 5.72. The maximum atomic E-state index is 7.57. The standard InChI is InChI=1S/C20H18Cl2N6S.ClH/c21-11-1-3-14-13(5-11)18-10(7-25-19(23)24)8-28(9-16(18)26-14)20-27-15-4-2-12(22)6-17(15)29-20;/h1-6,10,26H,7-9H2,(H4,23,24,25);1H. The Hall–Kier alpha value is -2.19. The van der Waals surface area contributed by atoms with Gasteiger partial charge in [-0.15, -0.1) is 12.4 Å². The van der Waals surface area contributed by atoms with Crippen LogP contribution in [0.15, 0.2) is 36.4 Å². The molecule has 0 amide bonds. The molecule has 10 heteroatoms. The zero-order valence-corrected chi connectivity index (χ0v) is 18.9. The average molecular weight is 482 g/mol. The van der Waals surface area contributed by atoms with E-state index in [-0.39, 0.29) is 24.3 Å². The van der Waals surface area contributed by atoms with Gasteiger partial charge in [-0.05, 0) is 42.0 Å². The highest BCUT2D eigenvalue weighted by atomic mass is 35.5. The summed E-state index contributed by atoms with van der Waals surface area (Å²) in [6.45, 7) is 2.06. The summed E-state index contributed by atoms with van der Waals surface area (Å²) in [5.74, 6) is 0.0987. The van der Waals surface area contributed by atoms with Gasteiger partial charge in [0.05, 0.1) is 16.8 Å². The Morgan fingerprint density at radius 3 is 2.83 bits per heavy atom. The monoisotopic (exact) mass is 480 g/mol. The van der Waals surface area contributed by atoms with Crippen molar-refractivity contribution in [3.8, 4) is 0 Å². The van der Waals surface area contributed by atoms with E-state index in [1.54, 1.807) is 11.3 Å². The molecule has 0 saturated heterocycles. The average Bonchev–Trinajstić information content (AvgIpc) is 3.26. The molecule has 0 saturated carbocycles. The number of rotatable bonds is 3. The predicted molar refractivity (Wildman–Crippen MR) is 129 cm³/mol. The molecule has 30 heavy (non-hydrogen) atoms. The first-order valence-electron chi connectivity index (χ1n) is 9.17. The first-order valence-corrected chi connectivity index (χ1v) is 10.7. The molecule has 0 bridgehead atoms. The Morgan fingerprint density at radius 1 is 1.27 bits per heavy atom. The molecule has 0 fully saturated rings. The van der Waals surface area contributed by atoms with Crippen molar-refractivity contribution in [1.82, 2.24) is 15.3 Å². The Balaban J connectivity index is 0.00000218. The number of nitrogens with one attached hydrogen (secondary N) is 3. The molecule has 0 radical (unpaired) electrons. The fraction of sp³-hybridized carbons (Fsp3) is 0.200. The minimum Gasteiger partial charge on any atom is -0.370 e. The lowest BCUT2D eigenvalue weighted by Crippen LogP contribution is -2.41. The molecule has 4 aromatic rings. The summed E-state index contributed by atoms with van der Waals surface area (Å²) in [4.78, 5) is 10.6. The third-order valence-corrected chi connectivity index (χ3v) is 6.78. The summed E-state index contributed by atoms with van der Waals surface area (Å²) in [5, 5.41) is 14.1. The number of fused-ring (bicyclic) bond motifs is 4. The van der Waals surface area contributed by atoms with Crippen LogP contribution in [0.25, 0.3) is 21.1 Å². The van der Waals surface area contributed by atoms with E-state index < -0.39 is 0 Å². The van der Waals surface area contributed by atoms with Crippen LogP contribution in [0, 0.1) is 5.41 Å². The highest BCUT2D eigenvalue weighted by Crippen LogP contribution is 2.39. The van der Waals surface area contributed by atoms with Crippen LogP contribution in [0.2, 0.25) is 10.0 Å². The summed E-state index contributed by atoms with van der Waals surface area (Å²) in [6, 6.07) is 11.7. The third kappa shape index (κ3) is 3.78. The molecular formula is C20H19Cl3N6S. The van der Waals surface area contributed by atoms with Gasteiger partial charge in [-0.3, -0.25) is 5.41 Å². The molecule has 1 unspecified atom stereocenters. The molecule has 1 aliphatic heterocycles. The van der Waals surface area contributed by atoms with Gasteiger partial charge in [0.25, 0.3) is 0 Å². The van der Waals surface area contributed by atoms with Crippen LogP contribution in [0.3, 0.4) is 0 Å². The summed E-state index contributed by atoms with van der Waals surface area (Å²) >= 11 is 14.0. The van der Waals surface area contributed by atoms with Crippen molar-refractivity contribution in [2.75, 3.05) is 18.0 Å². The minimum absolute atomic E-state index is 0. The number of benzene rings is 2. The van der Waals surface area contributed by atoms with Crippen molar-refractivity contribution in [3.05, 3.63) is 57.7 Å². The Morgan fingerprint density at radius 2 is 2.03 bits per heavy atom. The van der Waals surface area contributed by atoms with E-state index in [1.165, 1.54) is 5.56 Å². The molecular weight excluding hydrogens is 463 g/mol. The largest absolute Gasteiger partial charge is 0.370 e. The second-order valence-corrected chi connectivity index (χ2v) is 9.07. The number of hydrogen-bond donors (Lipinski definition) is 4. The number of nitrogens with zero attached hydrogens (tertiary/aromatic N) is 2. The number of aromatic amines is 1. The van der Waals surface area contributed by atoms with E-state index in [4.69, 9.17) is 39.3 Å². The number of nitrogens with two attached hydrogens (primary N) is 1. The van der Waals surface area contributed by atoms with Gasteiger partial charge in [0.2, 0.25) is 0 Å². The second kappa shape index (κ2) is 8.15. The highest BCUT2D eigenvalue weighted by molar-refractivity contribution is 7.22. The van der Waals surface area contributed by atoms with Gasteiger partial charge in [-0.25, -0.2) is 4.98 Å². The van der Waals surface area contributed by atoms with Crippen molar-refractivity contribution >= 4 is 79.2 Å². The van der Waals surface area contributed by atoms with Gasteiger partial charge in [0, 0.05) is 45.6 Å². The predicted octanol–water partition coefficient (Wildman–Crippen LogP) is 5.09. The number of aromatic nitrogens is 2. The van der Waals surface area contributed by atoms with E-state index >= 15 is 0 Å². The van der Waals surface area contributed by atoms with Crippen LogP contribution in [-0.2, 0) is 6.54 Å². The summed E-state index contributed by atoms with van der Waals surface area (Å²) < 4.78 is 1.07. The van der Waals surface area contributed by atoms with Gasteiger partial charge < -0.3 is 20.9 Å². The van der Waals surface area contributed by atoms with Crippen molar-refractivity contribution in [1.29, 1.82) is 5.41 Å². The van der Waals surface area contributed by atoms with Crippen molar-refractivity contribution < 1.29 is 0 Å². The highest BCUT2D eigenvalue weighted by Gasteiger charge is 2.30. The van der Waals surface area contributed by atoms with E-state index in [9.17, 15) is 0 Å². The first-order chi connectivity index (χ1) is 14.0. The lowest BCUT2D eigenvalue weighted by molar-refractivity contribution is 0.584. The lowest BCUT2D eigenvalue weighted by Gasteiger charge is -2.33. The molecule has 1 atom stereocenters. The molecule has 156 valence electrons. The fourth-order valence-electron chi connectivity index (χ4n) is 4.01. The van der Waals surface area contributed by atoms with Crippen LogP contribution in [-0.4, -0.2) is 29.0 Å². The maximum absolute atomic E-state index is 7.57. The van der Waals surface area contributed by atoms with Gasteiger partial charge in [-0.2, -0.15) is 0 Å². The summed E-state index contributed by atoms with van der Waals surface area (Å²) in [7, 11) is 0. The van der Waals surface area contributed by atoms with Crippen LogP contribution >= 0.6 is 46.9 Å². The molecule has 3 heterocycles. The number of guanidine groups is 1. The number of halogens is 3. The van der Waals surface area contributed by atoms with Crippen molar-refractivity contribution in [3.63, 3.8) is 0 Å². The number of hydrogen-bond acceptors (Lipinski definition) is 4. The number of anilines is 1. The SMILES string of the molecule is Cl.N=C(N)NCC1CN(c2nc3ccc(Cl)cc3s2)Cc2[nH]c3ccc(Cl)cc3c21. The van der Waals surface area contributed by atoms with Crippen LogP contribution in [0.5, 0.6) is 0 Å². The fourth-order valence-corrected chi connectivity index (χ4v) is 5.43. The van der Waals surface area contributed by atoms with Gasteiger partial charge in [0.15, 0.2) is 11.1 Å². The molecule has 0 aliphatic carbocycles. The molecule has 5 N–H and O–H groups in total. The van der Waals surface area contributed by atoms with E-state index in [0.29, 0.717) is 16.6 Å². The molecule has 2 aromatic heterocycles. The smallest absolute Gasteiger partial charge is 0.186 e. The molecule has 0 spiro atoms. The summed E-state index contributed by atoms with van der Waals surface area (Å²) in [6.07, 6.45) is 0. The zero-order valence-electron chi connectivity index (χ0n) is 15.7. The Bertz CT molecular complexity index is 1250. The molecule has 1 aliphatic rings. The minimum atomic E-state index is -0.0313. The van der Waals surface area contributed by atoms with Crippen molar-refractivity contribution in [2.45, 2.75) is 12.5 Å². The normalized spacial score (nSPS) is 15.8. The quantitative estimate of drug-likeness (QED) is 0.242. The van der Waals surface area contributed by atoms with Crippen molar-refractivity contribution in [2.24, 2.45) is 5.73 Å². The van der Waals surface area contributed by atoms with E-state index in [0.717, 1.165) is 45.0 Å².